The minimum atomic E-state index is -0.133. The summed E-state index contributed by atoms with van der Waals surface area (Å²) in [6.45, 7) is 1.25. The highest BCUT2D eigenvalue weighted by molar-refractivity contribution is 9.10. The molecule has 0 spiro atoms. The molecule has 7 heteroatoms. The Morgan fingerprint density at radius 3 is 2.48 bits per heavy atom. The Hall–Kier alpha value is -1.05. The summed E-state index contributed by atoms with van der Waals surface area (Å²) in [6, 6.07) is 7.90. The number of hydrazine groups is 1. The lowest BCUT2D eigenvalue weighted by molar-refractivity contribution is -0.133. The Bertz CT molecular complexity index is 501. The third-order valence-electron chi connectivity index (χ3n) is 3.54. The molecule has 1 heterocycles. The number of nitrogens with one attached hydrogen (secondary N) is 1. The number of nitrogens with zero attached hydrogens (tertiary/aromatic N) is 1. The van der Waals surface area contributed by atoms with Crippen molar-refractivity contribution in [2.75, 3.05) is 18.8 Å². The van der Waals surface area contributed by atoms with Crippen LogP contribution < -0.4 is 11.3 Å². The fourth-order valence-electron chi connectivity index (χ4n) is 2.28. The van der Waals surface area contributed by atoms with Crippen LogP contribution in [-0.4, -0.2) is 35.6 Å². The monoisotopic (exact) mass is 371 g/mol. The van der Waals surface area contributed by atoms with Crippen molar-refractivity contribution in [2.45, 2.75) is 17.7 Å². The molecule has 0 aromatic heterocycles. The van der Waals surface area contributed by atoms with E-state index in [9.17, 15) is 9.59 Å². The Labute approximate surface area is 136 Å². The Morgan fingerprint density at radius 1 is 1.29 bits per heavy atom. The quantitative estimate of drug-likeness (QED) is 0.366. The number of likely N-dealkylation sites (tertiary alicyclic amines) is 1. The van der Waals surface area contributed by atoms with E-state index in [1.54, 1.807) is 0 Å². The largest absolute Gasteiger partial charge is 0.342 e. The average molecular weight is 372 g/mol. The highest BCUT2D eigenvalue weighted by Crippen LogP contribution is 2.22. The van der Waals surface area contributed by atoms with E-state index in [0.29, 0.717) is 31.7 Å². The number of halogens is 1. The molecule has 1 aromatic rings. The second kappa shape index (κ2) is 7.82. The van der Waals surface area contributed by atoms with Crippen molar-refractivity contribution >= 4 is 39.5 Å². The summed E-state index contributed by atoms with van der Waals surface area (Å²) in [5, 5.41) is 0. The number of hydrogen-bond acceptors (Lipinski definition) is 4. The van der Waals surface area contributed by atoms with Gasteiger partial charge >= 0.3 is 0 Å². The van der Waals surface area contributed by atoms with Crippen LogP contribution in [0.1, 0.15) is 12.8 Å². The number of amides is 2. The highest BCUT2D eigenvalue weighted by atomic mass is 79.9. The number of carbonyl (C=O) groups excluding carboxylic acids is 2. The van der Waals surface area contributed by atoms with Gasteiger partial charge in [0.2, 0.25) is 11.8 Å². The van der Waals surface area contributed by atoms with E-state index in [4.69, 9.17) is 5.84 Å². The molecule has 0 unspecified atom stereocenters. The van der Waals surface area contributed by atoms with Crippen molar-refractivity contribution in [3.63, 3.8) is 0 Å². The fourth-order valence-corrected chi connectivity index (χ4v) is 3.34. The number of rotatable bonds is 4. The lowest BCUT2D eigenvalue weighted by Gasteiger charge is -2.31. The van der Waals surface area contributed by atoms with Crippen molar-refractivity contribution < 1.29 is 9.59 Å². The number of nitrogens with two attached hydrogens (primary N) is 1. The third-order valence-corrected chi connectivity index (χ3v) is 5.06. The molecule has 0 atom stereocenters. The van der Waals surface area contributed by atoms with Crippen LogP contribution >= 0.6 is 27.7 Å². The molecule has 1 aliphatic heterocycles. The number of benzene rings is 1. The first-order chi connectivity index (χ1) is 10.1. The van der Waals surface area contributed by atoms with Gasteiger partial charge in [-0.1, -0.05) is 15.9 Å². The topological polar surface area (TPSA) is 75.4 Å². The van der Waals surface area contributed by atoms with Crippen molar-refractivity contribution in [3.05, 3.63) is 28.7 Å². The molecular weight excluding hydrogens is 354 g/mol. The van der Waals surface area contributed by atoms with Crippen LogP contribution in [0.4, 0.5) is 0 Å². The molecule has 0 aliphatic carbocycles. The molecule has 2 amide bonds. The summed E-state index contributed by atoms with van der Waals surface area (Å²) < 4.78 is 1.03. The zero-order chi connectivity index (χ0) is 15.2. The second-order valence-corrected chi connectivity index (χ2v) is 6.87. The Morgan fingerprint density at radius 2 is 1.90 bits per heavy atom. The summed E-state index contributed by atoms with van der Waals surface area (Å²) in [5.41, 5.74) is 2.18. The molecule has 3 N–H and O–H groups in total. The summed E-state index contributed by atoms with van der Waals surface area (Å²) >= 11 is 4.92. The normalized spacial score (nSPS) is 15.8. The summed E-state index contributed by atoms with van der Waals surface area (Å²) in [5.74, 6) is 5.48. The van der Waals surface area contributed by atoms with E-state index in [0.717, 1.165) is 9.37 Å². The van der Waals surface area contributed by atoms with Crippen LogP contribution in [0.15, 0.2) is 33.6 Å². The van der Waals surface area contributed by atoms with Gasteiger partial charge in [-0.3, -0.25) is 15.0 Å². The van der Waals surface area contributed by atoms with Crippen LogP contribution in [0.25, 0.3) is 0 Å². The van der Waals surface area contributed by atoms with Gasteiger partial charge in [-0.15, -0.1) is 11.8 Å². The number of thioether (sulfide) groups is 1. The summed E-state index contributed by atoms with van der Waals surface area (Å²) in [6.07, 6.45) is 1.36. The molecule has 2 rings (SSSR count). The van der Waals surface area contributed by atoms with E-state index in [-0.39, 0.29) is 17.7 Å². The Kier molecular flexibility index (Phi) is 6.08. The van der Waals surface area contributed by atoms with Crippen molar-refractivity contribution in [2.24, 2.45) is 11.8 Å². The van der Waals surface area contributed by atoms with Crippen molar-refractivity contribution in [1.82, 2.24) is 10.3 Å². The first-order valence-corrected chi connectivity index (χ1v) is 8.54. The van der Waals surface area contributed by atoms with Gasteiger partial charge in [-0.05, 0) is 37.1 Å². The van der Waals surface area contributed by atoms with Crippen LogP contribution in [-0.2, 0) is 9.59 Å². The second-order valence-electron chi connectivity index (χ2n) is 4.91. The maximum Gasteiger partial charge on any atom is 0.237 e. The lowest BCUT2D eigenvalue weighted by atomic mass is 9.96. The fraction of sp³-hybridized carbons (Fsp3) is 0.429. The molecule has 0 saturated carbocycles. The van der Waals surface area contributed by atoms with Crippen molar-refractivity contribution in [1.29, 1.82) is 0 Å². The van der Waals surface area contributed by atoms with Gasteiger partial charge in [0.1, 0.15) is 0 Å². The maximum absolute atomic E-state index is 12.2. The van der Waals surface area contributed by atoms with Gasteiger partial charge in [0.25, 0.3) is 0 Å². The van der Waals surface area contributed by atoms with Gasteiger partial charge < -0.3 is 4.90 Å². The molecule has 114 valence electrons. The predicted molar refractivity (Wildman–Crippen MR) is 86.5 cm³/mol. The van der Waals surface area contributed by atoms with Gasteiger partial charge in [0.05, 0.1) is 5.75 Å². The smallest absolute Gasteiger partial charge is 0.237 e. The minimum Gasteiger partial charge on any atom is -0.342 e. The molecule has 1 saturated heterocycles. The summed E-state index contributed by atoms with van der Waals surface area (Å²) in [4.78, 5) is 26.5. The molecule has 1 aliphatic rings. The lowest BCUT2D eigenvalue weighted by Crippen LogP contribution is -2.45. The first-order valence-electron chi connectivity index (χ1n) is 6.76. The predicted octanol–water partition coefficient (Wildman–Crippen LogP) is 1.77. The Balaban J connectivity index is 1.77. The molecule has 0 radical (unpaired) electrons. The highest BCUT2D eigenvalue weighted by Gasteiger charge is 2.26. The molecule has 5 nitrogen and oxygen atoms in total. The maximum atomic E-state index is 12.2. The SMILES string of the molecule is NNC(=O)C1CCN(C(=O)CSc2ccc(Br)cc2)CC1. The minimum absolute atomic E-state index is 0.0711. The van der Waals surface area contributed by atoms with Crippen LogP contribution in [0, 0.1) is 5.92 Å². The van der Waals surface area contributed by atoms with Gasteiger partial charge in [0, 0.05) is 28.4 Å². The molecule has 21 heavy (non-hydrogen) atoms. The van der Waals surface area contributed by atoms with Gasteiger partial charge in [-0.2, -0.15) is 0 Å². The van der Waals surface area contributed by atoms with E-state index in [2.05, 4.69) is 21.4 Å². The standard InChI is InChI=1S/C14H18BrN3O2S/c15-11-1-3-12(4-2-11)21-9-13(19)18-7-5-10(6-8-18)14(20)17-16/h1-4,10H,5-9,16H2,(H,17,20). The summed E-state index contributed by atoms with van der Waals surface area (Å²) in [7, 11) is 0. The number of carbonyl (C=O) groups is 2. The average Bonchev–Trinajstić information content (AvgIpc) is 2.53. The van der Waals surface area contributed by atoms with Crippen molar-refractivity contribution in [3.8, 4) is 0 Å². The molecular formula is C14H18BrN3O2S. The number of hydrogen-bond donors (Lipinski definition) is 2. The molecule has 1 aromatic carbocycles. The zero-order valence-electron chi connectivity index (χ0n) is 11.5. The first kappa shape index (κ1) is 16.3. The van der Waals surface area contributed by atoms with E-state index >= 15 is 0 Å². The van der Waals surface area contributed by atoms with Gasteiger partial charge in [0.15, 0.2) is 0 Å². The zero-order valence-corrected chi connectivity index (χ0v) is 14.0. The van der Waals surface area contributed by atoms with Crippen LogP contribution in [0.2, 0.25) is 0 Å². The van der Waals surface area contributed by atoms with Gasteiger partial charge in [-0.25, -0.2) is 5.84 Å². The van der Waals surface area contributed by atoms with E-state index < -0.39 is 0 Å². The third kappa shape index (κ3) is 4.72. The molecule has 1 fully saturated rings. The van der Waals surface area contributed by atoms with E-state index in [1.165, 1.54) is 11.8 Å². The number of piperidine rings is 1. The van der Waals surface area contributed by atoms with E-state index in [1.807, 2.05) is 29.2 Å². The molecule has 0 bridgehead atoms. The van der Waals surface area contributed by atoms with Crippen LogP contribution in [0.5, 0.6) is 0 Å². The van der Waals surface area contributed by atoms with Crippen LogP contribution in [0.3, 0.4) is 0 Å².